The van der Waals surface area contributed by atoms with E-state index in [4.69, 9.17) is 10.8 Å². The highest BCUT2D eigenvalue weighted by atomic mass is 16.4. The molecule has 0 saturated carbocycles. The first-order valence-corrected chi connectivity index (χ1v) is 4.18. The van der Waals surface area contributed by atoms with Crippen LogP contribution < -0.4 is 11.1 Å². The van der Waals surface area contributed by atoms with Gasteiger partial charge in [-0.15, -0.1) is 0 Å². The lowest BCUT2D eigenvalue weighted by Crippen LogP contribution is -2.37. The summed E-state index contributed by atoms with van der Waals surface area (Å²) in [6, 6.07) is -0.541. The van der Waals surface area contributed by atoms with Gasteiger partial charge in [0, 0.05) is 18.5 Å². The molecule has 0 aliphatic heterocycles. The smallest absolute Gasteiger partial charge is 0.305 e. The van der Waals surface area contributed by atoms with Crippen molar-refractivity contribution in [1.29, 1.82) is 0 Å². The molecule has 0 unspecified atom stereocenters. The highest BCUT2D eigenvalue weighted by Gasteiger charge is 2.11. The molecular weight excluding hydrogens is 172 g/mol. The fraction of sp³-hybridized carbons (Fsp3) is 0.750. The number of nitrogens with one attached hydrogen (secondary N) is 1. The van der Waals surface area contributed by atoms with Crippen LogP contribution in [0.4, 0.5) is 0 Å². The summed E-state index contributed by atoms with van der Waals surface area (Å²) in [6.45, 7) is 3.37. The van der Waals surface area contributed by atoms with Crippen LogP contribution in [0.5, 0.6) is 0 Å². The van der Waals surface area contributed by atoms with Gasteiger partial charge in [-0.2, -0.15) is 0 Å². The van der Waals surface area contributed by atoms with Crippen LogP contribution >= 0.6 is 0 Å². The molecule has 5 heteroatoms. The molecule has 0 saturated heterocycles. The lowest BCUT2D eigenvalue weighted by molar-refractivity contribution is -0.137. The monoisotopic (exact) mass is 188 g/mol. The Morgan fingerprint density at radius 3 is 2.31 bits per heavy atom. The standard InChI is InChI=1S/C8H16N2O3/c1-5(9)3-7(11)10-6(2)4-8(12)13/h5-6H,3-4,9H2,1-2H3,(H,10,11)(H,12,13)/t5-,6-/m0/s1. The number of amides is 1. The molecule has 0 rings (SSSR count). The van der Waals surface area contributed by atoms with Gasteiger partial charge in [0.15, 0.2) is 0 Å². The SMILES string of the molecule is C[C@H](N)CC(=O)N[C@@H](C)CC(=O)O. The van der Waals surface area contributed by atoms with E-state index in [-0.39, 0.29) is 30.8 Å². The number of rotatable bonds is 5. The third-order valence-corrected chi connectivity index (χ3v) is 1.40. The van der Waals surface area contributed by atoms with E-state index in [2.05, 4.69) is 5.32 Å². The van der Waals surface area contributed by atoms with Crippen molar-refractivity contribution < 1.29 is 14.7 Å². The van der Waals surface area contributed by atoms with Gasteiger partial charge in [-0.1, -0.05) is 0 Å². The first-order valence-electron chi connectivity index (χ1n) is 4.18. The van der Waals surface area contributed by atoms with Crippen LogP contribution in [-0.4, -0.2) is 29.1 Å². The summed E-state index contributed by atoms with van der Waals surface area (Å²) in [6.07, 6.45) is 0.161. The van der Waals surface area contributed by atoms with Crippen molar-refractivity contribution in [2.45, 2.75) is 38.8 Å². The van der Waals surface area contributed by atoms with Crippen molar-refractivity contribution >= 4 is 11.9 Å². The van der Waals surface area contributed by atoms with E-state index in [0.717, 1.165) is 0 Å². The van der Waals surface area contributed by atoms with E-state index in [1.807, 2.05) is 0 Å². The van der Waals surface area contributed by atoms with Gasteiger partial charge in [0.2, 0.25) is 5.91 Å². The maximum atomic E-state index is 11.1. The third kappa shape index (κ3) is 7.27. The van der Waals surface area contributed by atoms with Crippen LogP contribution in [0, 0.1) is 0 Å². The Kier molecular flexibility index (Phi) is 5.06. The maximum Gasteiger partial charge on any atom is 0.305 e. The number of hydrogen-bond donors (Lipinski definition) is 3. The molecule has 0 spiro atoms. The lowest BCUT2D eigenvalue weighted by atomic mass is 10.2. The van der Waals surface area contributed by atoms with Crippen LogP contribution in [0.3, 0.4) is 0 Å². The Labute approximate surface area is 77.3 Å². The first kappa shape index (κ1) is 11.9. The van der Waals surface area contributed by atoms with Crippen molar-refractivity contribution in [2.75, 3.05) is 0 Å². The van der Waals surface area contributed by atoms with Gasteiger partial charge in [0.05, 0.1) is 6.42 Å². The molecule has 13 heavy (non-hydrogen) atoms. The molecule has 5 nitrogen and oxygen atoms in total. The molecule has 0 heterocycles. The van der Waals surface area contributed by atoms with Crippen molar-refractivity contribution in [1.82, 2.24) is 5.32 Å². The summed E-state index contributed by atoms with van der Waals surface area (Å²) in [4.78, 5) is 21.3. The summed E-state index contributed by atoms with van der Waals surface area (Å²) < 4.78 is 0. The molecule has 76 valence electrons. The van der Waals surface area contributed by atoms with E-state index in [1.165, 1.54) is 0 Å². The number of nitrogens with two attached hydrogens (primary N) is 1. The predicted molar refractivity (Wildman–Crippen MR) is 48.1 cm³/mol. The van der Waals surface area contributed by atoms with Gasteiger partial charge in [0.25, 0.3) is 0 Å². The van der Waals surface area contributed by atoms with Gasteiger partial charge >= 0.3 is 5.97 Å². The topological polar surface area (TPSA) is 92.4 Å². The van der Waals surface area contributed by atoms with Crippen LogP contribution in [0.25, 0.3) is 0 Å². The van der Waals surface area contributed by atoms with Crippen molar-refractivity contribution in [3.63, 3.8) is 0 Å². The predicted octanol–water partition coefficient (Wildman–Crippen LogP) is -0.297. The molecule has 0 bridgehead atoms. The number of carboxylic acid groups (broad SMARTS) is 1. The van der Waals surface area contributed by atoms with Crippen molar-refractivity contribution in [3.8, 4) is 0 Å². The van der Waals surface area contributed by atoms with Gasteiger partial charge in [-0.3, -0.25) is 9.59 Å². The van der Waals surface area contributed by atoms with E-state index in [9.17, 15) is 9.59 Å². The molecule has 0 aromatic heterocycles. The summed E-state index contributed by atoms with van der Waals surface area (Å²) >= 11 is 0. The minimum absolute atomic E-state index is 0.0648. The molecular formula is C8H16N2O3. The normalized spacial score (nSPS) is 14.7. The average molecular weight is 188 g/mol. The highest BCUT2D eigenvalue weighted by molar-refractivity contribution is 5.77. The van der Waals surface area contributed by atoms with E-state index in [0.29, 0.717) is 0 Å². The number of carboxylic acids is 1. The maximum absolute atomic E-state index is 11.1. The lowest BCUT2D eigenvalue weighted by Gasteiger charge is -2.12. The fourth-order valence-electron chi connectivity index (χ4n) is 0.939. The second-order valence-electron chi connectivity index (χ2n) is 3.25. The number of hydrogen-bond acceptors (Lipinski definition) is 3. The quantitative estimate of drug-likeness (QED) is 0.552. The first-order chi connectivity index (χ1) is 5.91. The third-order valence-electron chi connectivity index (χ3n) is 1.40. The van der Waals surface area contributed by atoms with E-state index in [1.54, 1.807) is 13.8 Å². The van der Waals surface area contributed by atoms with Crippen LogP contribution in [0.15, 0.2) is 0 Å². The summed E-state index contributed by atoms with van der Waals surface area (Å²) in [7, 11) is 0. The molecule has 0 radical (unpaired) electrons. The molecule has 0 aliphatic carbocycles. The zero-order valence-corrected chi connectivity index (χ0v) is 7.91. The molecule has 4 N–H and O–H groups in total. The van der Waals surface area contributed by atoms with Gasteiger partial charge in [-0.05, 0) is 13.8 Å². The Hall–Kier alpha value is -1.10. The zero-order valence-electron chi connectivity index (χ0n) is 7.91. The van der Waals surface area contributed by atoms with Crippen molar-refractivity contribution in [2.24, 2.45) is 5.73 Å². The Morgan fingerprint density at radius 2 is 1.92 bits per heavy atom. The summed E-state index contributed by atoms with van der Waals surface area (Å²) in [5.41, 5.74) is 5.39. The second-order valence-corrected chi connectivity index (χ2v) is 3.25. The highest BCUT2D eigenvalue weighted by Crippen LogP contribution is 1.93. The van der Waals surface area contributed by atoms with Gasteiger partial charge in [0.1, 0.15) is 0 Å². The molecule has 0 aliphatic rings. The van der Waals surface area contributed by atoms with Crippen LogP contribution in [0.2, 0.25) is 0 Å². The molecule has 0 aromatic carbocycles. The van der Waals surface area contributed by atoms with Crippen molar-refractivity contribution in [3.05, 3.63) is 0 Å². The number of carbonyl (C=O) groups is 2. The number of carbonyl (C=O) groups excluding carboxylic acids is 1. The minimum atomic E-state index is -0.923. The van der Waals surface area contributed by atoms with E-state index < -0.39 is 5.97 Å². The summed E-state index contributed by atoms with van der Waals surface area (Å²) in [5, 5.41) is 10.9. The summed E-state index contributed by atoms with van der Waals surface area (Å²) in [5.74, 6) is -1.13. The van der Waals surface area contributed by atoms with Crippen LogP contribution in [-0.2, 0) is 9.59 Å². The molecule has 0 aromatic rings. The largest absolute Gasteiger partial charge is 0.481 e. The minimum Gasteiger partial charge on any atom is -0.481 e. The average Bonchev–Trinajstić information content (AvgIpc) is 1.80. The van der Waals surface area contributed by atoms with E-state index >= 15 is 0 Å². The van der Waals surface area contributed by atoms with Gasteiger partial charge in [-0.25, -0.2) is 0 Å². The Balaban J connectivity index is 3.71. The molecule has 1 amide bonds. The second kappa shape index (κ2) is 5.53. The molecule has 0 fully saturated rings. The molecule has 2 atom stereocenters. The fourth-order valence-corrected chi connectivity index (χ4v) is 0.939. The van der Waals surface area contributed by atoms with Gasteiger partial charge < -0.3 is 16.2 Å². The zero-order chi connectivity index (χ0) is 10.4. The Bertz CT molecular complexity index is 192. The van der Waals surface area contributed by atoms with Crippen LogP contribution in [0.1, 0.15) is 26.7 Å². The number of aliphatic carboxylic acids is 1. The Morgan fingerprint density at radius 1 is 1.38 bits per heavy atom.